The molecule has 2 aromatic rings. The normalized spacial score (nSPS) is 19.2. The van der Waals surface area contributed by atoms with Crippen molar-refractivity contribution in [3.05, 3.63) is 34.6 Å². The first kappa shape index (κ1) is 18.5. The molecule has 0 radical (unpaired) electrons. The summed E-state index contributed by atoms with van der Waals surface area (Å²) in [7, 11) is 1.93. The number of thioether (sulfide) groups is 1. The van der Waals surface area contributed by atoms with Gasteiger partial charge in [0, 0.05) is 19.1 Å². The van der Waals surface area contributed by atoms with Gasteiger partial charge in [-0.2, -0.15) is 0 Å². The van der Waals surface area contributed by atoms with Crippen molar-refractivity contribution in [3.63, 3.8) is 0 Å². The number of carbonyl (C=O) groups excluding carboxylic acids is 1. The van der Waals surface area contributed by atoms with Crippen LogP contribution in [0.2, 0.25) is 0 Å². The molecule has 2 fully saturated rings. The van der Waals surface area contributed by atoms with E-state index in [2.05, 4.69) is 0 Å². The van der Waals surface area contributed by atoms with Crippen LogP contribution in [0.4, 0.5) is 0 Å². The zero-order valence-electron chi connectivity index (χ0n) is 16.1. The zero-order chi connectivity index (χ0) is 19.0. The van der Waals surface area contributed by atoms with Crippen molar-refractivity contribution < 1.29 is 4.79 Å². The van der Waals surface area contributed by atoms with E-state index in [0.717, 1.165) is 25.7 Å². The van der Waals surface area contributed by atoms with Crippen molar-refractivity contribution in [1.82, 2.24) is 14.5 Å². The van der Waals surface area contributed by atoms with E-state index < -0.39 is 0 Å². The molecule has 1 aromatic heterocycles. The number of rotatable bonds is 5. The van der Waals surface area contributed by atoms with Gasteiger partial charge in [-0.25, -0.2) is 4.98 Å². The summed E-state index contributed by atoms with van der Waals surface area (Å²) in [5.41, 5.74) is 0.730. The van der Waals surface area contributed by atoms with Gasteiger partial charge in [-0.3, -0.25) is 14.2 Å². The molecule has 1 aromatic carbocycles. The van der Waals surface area contributed by atoms with Crippen LogP contribution in [-0.4, -0.2) is 38.7 Å². The first-order valence-electron chi connectivity index (χ1n) is 10.0. The van der Waals surface area contributed by atoms with Gasteiger partial charge in [-0.15, -0.1) is 0 Å². The molecule has 0 bridgehead atoms. The molecule has 6 heteroatoms. The molecule has 1 atom stereocenters. The van der Waals surface area contributed by atoms with Gasteiger partial charge in [-0.05, 0) is 44.7 Å². The highest BCUT2D eigenvalue weighted by atomic mass is 32.2. The maximum atomic E-state index is 13.0. The standard InChI is InChI=1S/C21H27N3O2S/c1-14(19(25)23(2)15-8-4-3-5-9-15)27-21-22-18-11-7-6-10-17(18)20(26)24(21)16-12-13-16/h6-7,10-11,14-16H,3-5,8-9,12-13H2,1-2H3. The summed E-state index contributed by atoms with van der Waals surface area (Å²) in [4.78, 5) is 32.6. The van der Waals surface area contributed by atoms with Crippen LogP contribution in [0.1, 0.15) is 57.9 Å². The highest BCUT2D eigenvalue weighted by Crippen LogP contribution is 2.38. The summed E-state index contributed by atoms with van der Waals surface area (Å²) < 4.78 is 1.82. The Labute approximate surface area is 164 Å². The third kappa shape index (κ3) is 3.77. The predicted molar refractivity (Wildman–Crippen MR) is 109 cm³/mol. The molecule has 5 nitrogen and oxygen atoms in total. The van der Waals surface area contributed by atoms with E-state index in [1.807, 2.05) is 47.7 Å². The quantitative estimate of drug-likeness (QED) is 0.577. The van der Waals surface area contributed by atoms with Crippen molar-refractivity contribution in [2.24, 2.45) is 0 Å². The Morgan fingerprint density at radius 3 is 2.59 bits per heavy atom. The third-order valence-electron chi connectivity index (χ3n) is 5.79. The lowest BCUT2D eigenvalue weighted by atomic mass is 9.94. The van der Waals surface area contributed by atoms with Gasteiger partial charge in [0.1, 0.15) is 0 Å². The molecule has 2 saturated carbocycles. The van der Waals surface area contributed by atoms with Crippen molar-refractivity contribution >= 4 is 28.6 Å². The van der Waals surface area contributed by atoms with Crippen molar-refractivity contribution in [3.8, 4) is 0 Å². The minimum Gasteiger partial charge on any atom is -0.342 e. The maximum Gasteiger partial charge on any atom is 0.262 e. The first-order valence-corrected chi connectivity index (χ1v) is 10.9. The Balaban J connectivity index is 1.59. The maximum absolute atomic E-state index is 13.0. The van der Waals surface area contributed by atoms with Crippen LogP contribution >= 0.6 is 11.8 Å². The summed E-state index contributed by atoms with van der Waals surface area (Å²) >= 11 is 1.43. The molecule has 1 amide bonds. The molecule has 2 aliphatic carbocycles. The second kappa shape index (κ2) is 7.66. The van der Waals surface area contributed by atoms with E-state index >= 15 is 0 Å². The number of hydrogen-bond acceptors (Lipinski definition) is 4. The van der Waals surface area contributed by atoms with E-state index in [0.29, 0.717) is 22.1 Å². The zero-order valence-corrected chi connectivity index (χ0v) is 16.9. The summed E-state index contributed by atoms with van der Waals surface area (Å²) in [6.07, 6.45) is 7.91. The van der Waals surface area contributed by atoms with Gasteiger partial charge >= 0.3 is 0 Å². The number of para-hydroxylation sites is 1. The van der Waals surface area contributed by atoms with Crippen LogP contribution in [0, 0.1) is 0 Å². The number of carbonyl (C=O) groups is 1. The fourth-order valence-corrected chi connectivity index (χ4v) is 5.09. The Hall–Kier alpha value is -1.82. The number of aromatic nitrogens is 2. The largest absolute Gasteiger partial charge is 0.342 e. The van der Waals surface area contributed by atoms with Crippen LogP contribution in [0.5, 0.6) is 0 Å². The highest BCUT2D eigenvalue weighted by Gasteiger charge is 2.31. The lowest BCUT2D eigenvalue weighted by Crippen LogP contribution is -2.42. The number of hydrogen-bond donors (Lipinski definition) is 0. The van der Waals surface area contributed by atoms with E-state index in [4.69, 9.17) is 4.98 Å². The van der Waals surface area contributed by atoms with Crippen LogP contribution in [0.15, 0.2) is 34.2 Å². The van der Waals surface area contributed by atoms with Gasteiger partial charge in [0.05, 0.1) is 16.2 Å². The predicted octanol–water partition coefficient (Wildman–Crippen LogP) is 4.00. The molecule has 4 rings (SSSR count). The molecule has 2 aliphatic rings. The summed E-state index contributed by atoms with van der Waals surface area (Å²) in [5.74, 6) is 0.136. The average Bonchev–Trinajstić information content (AvgIpc) is 3.52. The Morgan fingerprint density at radius 1 is 1.19 bits per heavy atom. The number of benzene rings is 1. The number of fused-ring (bicyclic) bond motifs is 1. The van der Waals surface area contributed by atoms with Crippen LogP contribution in [0.3, 0.4) is 0 Å². The van der Waals surface area contributed by atoms with Crippen molar-refractivity contribution in [2.75, 3.05) is 7.05 Å². The molecule has 1 heterocycles. The Bertz CT molecular complexity index is 900. The molecule has 1 unspecified atom stereocenters. The number of nitrogens with zero attached hydrogens (tertiary/aromatic N) is 3. The Morgan fingerprint density at radius 2 is 1.89 bits per heavy atom. The summed E-state index contributed by atoms with van der Waals surface area (Å²) in [5, 5.41) is 1.08. The SMILES string of the molecule is CC(Sc1nc2ccccc2c(=O)n1C1CC1)C(=O)N(C)C1CCCCC1. The smallest absolute Gasteiger partial charge is 0.262 e. The lowest BCUT2D eigenvalue weighted by molar-refractivity contribution is -0.131. The van der Waals surface area contributed by atoms with Crippen LogP contribution in [-0.2, 0) is 4.79 Å². The molecule has 0 aliphatic heterocycles. The minimum absolute atomic E-state index is 0.0193. The minimum atomic E-state index is -0.255. The van der Waals surface area contributed by atoms with Gasteiger partial charge < -0.3 is 4.90 Å². The summed E-state index contributed by atoms with van der Waals surface area (Å²) in [6.45, 7) is 1.94. The second-order valence-corrected chi connectivity index (χ2v) is 9.13. The average molecular weight is 386 g/mol. The van der Waals surface area contributed by atoms with Gasteiger partial charge in [-0.1, -0.05) is 43.2 Å². The molecular formula is C21H27N3O2S. The molecule has 144 valence electrons. The van der Waals surface area contributed by atoms with Gasteiger partial charge in [0.25, 0.3) is 5.56 Å². The van der Waals surface area contributed by atoms with Gasteiger partial charge in [0.2, 0.25) is 5.91 Å². The van der Waals surface area contributed by atoms with E-state index in [1.165, 1.54) is 31.0 Å². The van der Waals surface area contributed by atoms with E-state index in [1.54, 1.807) is 0 Å². The van der Waals surface area contributed by atoms with E-state index in [-0.39, 0.29) is 22.8 Å². The molecule has 0 spiro atoms. The molecular weight excluding hydrogens is 358 g/mol. The fourth-order valence-electron chi connectivity index (χ4n) is 4.01. The third-order valence-corrected chi connectivity index (χ3v) is 6.84. The topological polar surface area (TPSA) is 55.2 Å². The molecule has 0 N–H and O–H groups in total. The monoisotopic (exact) mass is 385 g/mol. The highest BCUT2D eigenvalue weighted by molar-refractivity contribution is 8.00. The second-order valence-electron chi connectivity index (χ2n) is 7.82. The van der Waals surface area contributed by atoms with Crippen LogP contribution in [0.25, 0.3) is 10.9 Å². The van der Waals surface area contributed by atoms with E-state index in [9.17, 15) is 9.59 Å². The fraction of sp³-hybridized carbons (Fsp3) is 0.571. The van der Waals surface area contributed by atoms with Crippen LogP contribution < -0.4 is 5.56 Å². The Kier molecular flexibility index (Phi) is 5.26. The lowest BCUT2D eigenvalue weighted by Gasteiger charge is -2.32. The number of amides is 1. The molecule has 0 saturated heterocycles. The van der Waals surface area contributed by atoms with Gasteiger partial charge in [0.15, 0.2) is 5.16 Å². The first-order chi connectivity index (χ1) is 13.1. The van der Waals surface area contributed by atoms with Crippen molar-refractivity contribution in [1.29, 1.82) is 0 Å². The summed E-state index contributed by atoms with van der Waals surface area (Å²) in [6, 6.07) is 8.07. The van der Waals surface area contributed by atoms with Crippen molar-refractivity contribution in [2.45, 2.75) is 74.4 Å². The molecule has 27 heavy (non-hydrogen) atoms.